The highest BCUT2D eigenvalue weighted by Gasteiger charge is 2.24. The Balaban J connectivity index is 2.35. The molecule has 0 aliphatic carbocycles. The highest BCUT2D eigenvalue weighted by atomic mass is 16.6. The van der Waals surface area contributed by atoms with Crippen molar-refractivity contribution in [2.75, 3.05) is 32.6 Å². The summed E-state index contributed by atoms with van der Waals surface area (Å²) < 4.78 is 16.5. The van der Waals surface area contributed by atoms with Gasteiger partial charge in [0.25, 0.3) is 11.8 Å². The number of amidine groups is 1. The first-order chi connectivity index (χ1) is 17.8. The van der Waals surface area contributed by atoms with Crippen LogP contribution in [-0.4, -0.2) is 61.6 Å². The zero-order valence-electron chi connectivity index (χ0n) is 22.5. The van der Waals surface area contributed by atoms with Crippen molar-refractivity contribution in [1.82, 2.24) is 15.8 Å². The zero-order valence-corrected chi connectivity index (χ0v) is 22.5. The molecule has 0 heterocycles. The van der Waals surface area contributed by atoms with Gasteiger partial charge in [-0.2, -0.15) is 0 Å². The largest absolute Gasteiger partial charge is 0.490 e. The van der Waals surface area contributed by atoms with Gasteiger partial charge in [0.05, 0.1) is 6.61 Å². The summed E-state index contributed by atoms with van der Waals surface area (Å²) >= 11 is 0. The highest BCUT2D eigenvalue weighted by Crippen LogP contribution is 2.32. The average Bonchev–Trinajstić information content (AvgIpc) is 2.84. The van der Waals surface area contributed by atoms with Crippen molar-refractivity contribution in [3.05, 3.63) is 53.6 Å². The minimum absolute atomic E-state index is 0.0860. The maximum absolute atomic E-state index is 13.2. The molecule has 0 radical (unpaired) electrons. The lowest BCUT2D eigenvalue weighted by Gasteiger charge is -2.23. The summed E-state index contributed by atoms with van der Waals surface area (Å²) in [5.41, 5.74) is 11.0. The number of carbonyl (C=O) groups is 3. The number of ether oxygens (including phenoxy) is 3. The molecule has 38 heavy (non-hydrogen) atoms. The number of likely N-dealkylation sites (N-methyl/N-ethyl adjacent to an activating group) is 1. The van der Waals surface area contributed by atoms with Crippen LogP contribution in [0.4, 0.5) is 10.5 Å². The Morgan fingerprint density at radius 1 is 1.00 bits per heavy atom. The Kier molecular flexibility index (Phi) is 10.3. The standard InChI is InChI=1S/C26H36N6O6/c1-7-36-20-14-17(10-13-19(20)37-15-21(33)32(5)6)22(24(34)30-31-25(35)38-26(2,3)4)29-18-11-8-16(9-12-18)23(27)28/h8-14,22,29H,7,15H2,1-6H3,(H3,27,28)(H,30,34)(H,31,35). The predicted octanol–water partition coefficient (Wildman–Crippen LogP) is 2.55. The van der Waals surface area contributed by atoms with Gasteiger partial charge in [-0.05, 0) is 69.7 Å². The van der Waals surface area contributed by atoms with E-state index in [-0.39, 0.29) is 18.3 Å². The maximum atomic E-state index is 13.2. The Morgan fingerprint density at radius 3 is 2.21 bits per heavy atom. The minimum atomic E-state index is -0.996. The second-order valence-corrected chi connectivity index (χ2v) is 9.40. The lowest BCUT2D eigenvalue weighted by Crippen LogP contribution is -2.47. The number of hydrogen-bond donors (Lipinski definition) is 5. The van der Waals surface area contributed by atoms with Gasteiger partial charge in [0.2, 0.25) is 0 Å². The third-order valence-electron chi connectivity index (χ3n) is 4.91. The number of nitrogens with one attached hydrogen (secondary N) is 4. The summed E-state index contributed by atoms with van der Waals surface area (Å²) in [6.45, 7) is 7.04. The lowest BCUT2D eigenvalue weighted by molar-refractivity contribution is -0.130. The van der Waals surface area contributed by atoms with Gasteiger partial charge in [0, 0.05) is 25.3 Å². The monoisotopic (exact) mass is 528 g/mol. The fourth-order valence-electron chi connectivity index (χ4n) is 3.06. The van der Waals surface area contributed by atoms with Gasteiger partial charge in [-0.3, -0.25) is 20.4 Å². The van der Waals surface area contributed by atoms with E-state index in [1.54, 1.807) is 84.3 Å². The van der Waals surface area contributed by atoms with E-state index in [4.69, 9.17) is 25.4 Å². The van der Waals surface area contributed by atoms with Crippen molar-refractivity contribution < 1.29 is 28.6 Å². The zero-order chi connectivity index (χ0) is 28.5. The summed E-state index contributed by atoms with van der Waals surface area (Å²) in [6.07, 6.45) is -0.820. The summed E-state index contributed by atoms with van der Waals surface area (Å²) in [5.74, 6) is -0.231. The topological polar surface area (TPSA) is 168 Å². The van der Waals surface area contributed by atoms with E-state index in [2.05, 4.69) is 16.2 Å². The molecule has 0 saturated carbocycles. The number of amides is 3. The molecule has 0 aliphatic heterocycles. The molecule has 1 atom stereocenters. The first-order valence-electron chi connectivity index (χ1n) is 11.9. The number of nitrogens with zero attached hydrogens (tertiary/aromatic N) is 1. The van der Waals surface area contributed by atoms with Gasteiger partial charge in [-0.25, -0.2) is 10.2 Å². The Hall–Kier alpha value is -4.48. The molecule has 2 aromatic carbocycles. The average molecular weight is 529 g/mol. The quantitative estimate of drug-likeness (QED) is 0.178. The van der Waals surface area contributed by atoms with E-state index >= 15 is 0 Å². The van der Waals surface area contributed by atoms with Gasteiger partial charge in [-0.15, -0.1) is 0 Å². The summed E-state index contributed by atoms with van der Waals surface area (Å²) in [5, 5.41) is 10.7. The molecule has 0 spiro atoms. The Labute approximate surface area is 222 Å². The van der Waals surface area contributed by atoms with Crippen molar-refractivity contribution in [3.8, 4) is 11.5 Å². The van der Waals surface area contributed by atoms with E-state index in [9.17, 15) is 14.4 Å². The normalized spacial score (nSPS) is 11.5. The lowest BCUT2D eigenvalue weighted by atomic mass is 10.0. The van der Waals surface area contributed by atoms with Crippen LogP contribution in [0, 0.1) is 5.41 Å². The highest BCUT2D eigenvalue weighted by molar-refractivity contribution is 5.95. The fourth-order valence-corrected chi connectivity index (χ4v) is 3.06. The predicted molar refractivity (Wildman–Crippen MR) is 143 cm³/mol. The van der Waals surface area contributed by atoms with Crippen molar-refractivity contribution >= 4 is 29.4 Å². The molecule has 0 saturated heterocycles. The Bertz CT molecular complexity index is 1140. The van der Waals surface area contributed by atoms with E-state index in [1.165, 1.54) is 4.90 Å². The third kappa shape index (κ3) is 9.19. The summed E-state index contributed by atoms with van der Waals surface area (Å²) in [4.78, 5) is 38.7. The molecule has 0 aliphatic rings. The number of nitrogens with two attached hydrogens (primary N) is 1. The first-order valence-corrected chi connectivity index (χ1v) is 11.9. The molecule has 12 nitrogen and oxygen atoms in total. The molecule has 3 amide bonds. The van der Waals surface area contributed by atoms with Gasteiger partial charge in [0.1, 0.15) is 17.5 Å². The molecule has 1 unspecified atom stereocenters. The van der Waals surface area contributed by atoms with Crippen molar-refractivity contribution in [2.45, 2.75) is 39.3 Å². The molecular weight excluding hydrogens is 492 g/mol. The van der Waals surface area contributed by atoms with Gasteiger partial charge in [-0.1, -0.05) is 6.07 Å². The fraction of sp³-hybridized carbons (Fsp3) is 0.385. The van der Waals surface area contributed by atoms with Gasteiger partial charge in [0.15, 0.2) is 18.1 Å². The number of rotatable bonds is 10. The second-order valence-electron chi connectivity index (χ2n) is 9.40. The van der Waals surface area contributed by atoms with Crippen LogP contribution in [0.25, 0.3) is 0 Å². The second kappa shape index (κ2) is 13.2. The molecule has 0 bridgehead atoms. The van der Waals surface area contributed by atoms with Crippen molar-refractivity contribution in [3.63, 3.8) is 0 Å². The minimum Gasteiger partial charge on any atom is -0.490 e. The third-order valence-corrected chi connectivity index (χ3v) is 4.91. The van der Waals surface area contributed by atoms with Gasteiger partial charge >= 0.3 is 6.09 Å². The van der Waals surface area contributed by atoms with Crippen LogP contribution in [0.2, 0.25) is 0 Å². The van der Waals surface area contributed by atoms with Crippen LogP contribution < -0.4 is 31.4 Å². The van der Waals surface area contributed by atoms with Gasteiger partial charge < -0.3 is 30.2 Å². The van der Waals surface area contributed by atoms with E-state index in [0.29, 0.717) is 34.9 Å². The van der Waals surface area contributed by atoms with Crippen molar-refractivity contribution in [2.24, 2.45) is 5.73 Å². The summed E-state index contributed by atoms with van der Waals surface area (Å²) in [6, 6.07) is 10.5. The van der Waals surface area contributed by atoms with Crippen LogP contribution in [0.1, 0.15) is 44.9 Å². The molecular formula is C26H36N6O6. The SMILES string of the molecule is CCOc1cc(C(Nc2ccc(C(=N)N)cc2)C(=O)NNC(=O)OC(C)(C)C)ccc1OCC(=O)N(C)C. The molecule has 6 N–H and O–H groups in total. The Morgan fingerprint density at radius 2 is 1.66 bits per heavy atom. The number of anilines is 1. The molecule has 206 valence electrons. The molecule has 0 aromatic heterocycles. The molecule has 2 rings (SSSR count). The van der Waals surface area contributed by atoms with Crippen LogP contribution in [0.15, 0.2) is 42.5 Å². The number of hydrazine groups is 1. The summed E-state index contributed by atoms with van der Waals surface area (Å²) in [7, 11) is 3.25. The van der Waals surface area contributed by atoms with Crippen LogP contribution in [0.3, 0.4) is 0 Å². The van der Waals surface area contributed by atoms with Crippen molar-refractivity contribution in [1.29, 1.82) is 5.41 Å². The smallest absolute Gasteiger partial charge is 0.426 e. The van der Waals surface area contributed by atoms with E-state index in [1.807, 2.05) is 0 Å². The van der Waals surface area contributed by atoms with Crippen LogP contribution in [0.5, 0.6) is 11.5 Å². The maximum Gasteiger partial charge on any atom is 0.426 e. The number of carbonyl (C=O) groups excluding carboxylic acids is 3. The number of hydrogen-bond acceptors (Lipinski definition) is 8. The van der Waals surface area contributed by atoms with Crippen LogP contribution >= 0.6 is 0 Å². The first kappa shape index (κ1) is 29.7. The van der Waals surface area contributed by atoms with E-state index in [0.717, 1.165) is 0 Å². The number of benzene rings is 2. The molecule has 12 heteroatoms. The van der Waals surface area contributed by atoms with E-state index < -0.39 is 23.6 Å². The molecule has 0 fully saturated rings. The van der Waals surface area contributed by atoms with Crippen LogP contribution in [-0.2, 0) is 14.3 Å². The number of nitrogen functional groups attached to an aromatic ring is 1. The molecule has 2 aromatic rings.